The average Bonchev–Trinajstić information content (AvgIpc) is 2.92. The molecule has 1 atom stereocenters. The first kappa shape index (κ1) is 15.4. The van der Waals surface area contributed by atoms with Crippen LogP contribution in [0.1, 0.15) is 23.7 Å². The van der Waals surface area contributed by atoms with E-state index in [1.54, 1.807) is 24.3 Å². The SMILES string of the molecule is CCCOC(=O)c1ccc(NC(=O)C2CSC(=O)N2)cc1. The molecule has 1 aromatic rings. The second-order valence-electron chi connectivity index (χ2n) is 4.50. The Bertz CT molecular complexity index is 544. The summed E-state index contributed by atoms with van der Waals surface area (Å²) in [6, 6.07) is 5.93. The first-order chi connectivity index (χ1) is 10.1. The normalized spacial score (nSPS) is 17.2. The number of nitrogens with one attached hydrogen (secondary N) is 2. The van der Waals surface area contributed by atoms with Gasteiger partial charge in [-0.2, -0.15) is 0 Å². The molecule has 1 saturated heterocycles. The van der Waals surface area contributed by atoms with Gasteiger partial charge in [0.2, 0.25) is 5.91 Å². The van der Waals surface area contributed by atoms with Gasteiger partial charge < -0.3 is 15.4 Å². The van der Waals surface area contributed by atoms with Gasteiger partial charge in [0.25, 0.3) is 5.24 Å². The molecular weight excluding hydrogens is 292 g/mol. The molecule has 2 rings (SSSR count). The lowest BCUT2D eigenvalue weighted by molar-refractivity contribution is -0.117. The maximum absolute atomic E-state index is 11.9. The Labute approximate surface area is 126 Å². The van der Waals surface area contributed by atoms with Gasteiger partial charge in [0.15, 0.2) is 0 Å². The number of thioether (sulfide) groups is 1. The van der Waals surface area contributed by atoms with Crippen LogP contribution in [0.2, 0.25) is 0 Å². The van der Waals surface area contributed by atoms with Gasteiger partial charge in [-0.3, -0.25) is 9.59 Å². The molecule has 0 radical (unpaired) electrons. The van der Waals surface area contributed by atoms with Gasteiger partial charge in [-0.1, -0.05) is 18.7 Å². The zero-order valence-electron chi connectivity index (χ0n) is 11.5. The molecular formula is C14H16N2O4S. The van der Waals surface area contributed by atoms with E-state index >= 15 is 0 Å². The molecule has 0 spiro atoms. The van der Waals surface area contributed by atoms with Crippen LogP contribution in [-0.2, 0) is 9.53 Å². The third-order valence-corrected chi connectivity index (χ3v) is 3.70. The second-order valence-corrected chi connectivity index (χ2v) is 5.49. The van der Waals surface area contributed by atoms with E-state index in [1.165, 1.54) is 0 Å². The van der Waals surface area contributed by atoms with Crippen molar-refractivity contribution in [1.82, 2.24) is 5.32 Å². The molecule has 2 N–H and O–H groups in total. The predicted molar refractivity (Wildman–Crippen MR) is 80.4 cm³/mol. The number of carbonyl (C=O) groups is 3. The summed E-state index contributed by atoms with van der Waals surface area (Å²) in [5, 5.41) is 5.07. The summed E-state index contributed by atoms with van der Waals surface area (Å²) in [6.07, 6.45) is 0.769. The van der Waals surface area contributed by atoms with Crippen LogP contribution in [0.25, 0.3) is 0 Å². The monoisotopic (exact) mass is 308 g/mol. The summed E-state index contributed by atoms with van der Waals surface area (Å²) in [4.78, 5) is 34.5. The first-order valence-corrected chi connectivity index (χ1v) is 7.60. The Morgan fingerprint density at radius 2 is 2.10 bits per heavy atom. The quantitative estimate of drug-likeness (QED) is 0.813. The molecule has 2 amide bonds. The van der Waals surface area contributed by atoms with Gasteiger partial charge in [-0.25, -0.2) is 4.79 Å². The van der Waals surface area contributed by atoms with Crippen LogP contribution in [0.5, 0.6) is 0 Å². The molecule has 112 valence electrons. The second kappa shape index (κ2) is 7.12. The predicted octanol–water partition coefficient (Wildman–Crippen LogP) is 2.02. The molecule has 1 heterocycles. The summed E-state index contributed by atoms with van der Waals surface area (Å²) in [5.74, 6) is -0.227. The molecule has 1 aliphatic heterocycles. The fourth-order valence-electron chi connectivity index (χ4n) is 1.72. The lowest BCUT2D eigenvalue weighted by Crippen LogP contribution is -2.38. The highest BCUT2D eigenvalue weighted by molar-refractivity contribution is 8.14. The number of benzene rings is 1. The maximum Gasteiger partial charge on any atom is 0.338 e. The maximum atomic E-state index is 11.9. The highest BCUT2D eigenvalue weighted by Crippen LogP contribution is 2.16. The zero-order chi connectivity index (χ0) is 15.2. The molecule has 1 aliphatic rings. The Hall–Kier alpha value is -2.02. The summed E-state index contributed by atoms with van der Waals surface area (Å²) in [5.41, 5.74) is 1.00. The highest BCUT2D eigenvalue weighted by Gasteiger charge is 2.27. The highest BCUT2D eigenvalue weighted by atomic mass is 32.2. The molecule has 7 heteroatoms. The number of hydrogen-bond acceptors (Lipinski definition) is 5. The lowest BCUT2D eigenvalue weighted by atomic mass is 10.2. The third kappa shape index (κ3) is 4.22. The van der Waals surface area contributed by atoms with E-state index in [2.05, 4.69) is 10.6 Å². The molecule has 1 unspecified atom stereocenters. The van der Waals surface area contributed by atoms with Gasteiger partial charge >= 0.3 is 5.97 Å². The molecule has 0 saturated carbocycles. The van der Waals surface area contributed by atoms with Crippen molar-refractivity contribution in [3.05, 3.63) is 29.8 Å². The summed E-state index contributed by atoms with van der Waals surface area (Å²) >= 11 is 1.09. The van der Waals surface area contributed by atoms with Crippen LogP contribution in [-0.4, -0.2) is 35.5 Å². The Balaban J connectivity index is 1.91. The standard InChI is InChI=1S/C14H16N2O4S/c1-2-7-20-13(18)9-3-5-10(6-4-9)15-12(17)11-8-21-14(19)16-11/h3-6,11H,2,7-8H2,1H3,(H,15,17)(H,16,19). The summed E-state index contributed by atoms with van der Waals surface area (Å²) < 4.78 is 5.01. The Kier molecular flexibility index (Phi) is 5.21. The summed E-state index contributed by atoms with van der Waals surface area (Å²) in [6.45, 7) is 2.31. The van der Waals surface area contributed by atoms with Gasteiger partial charge in [0, 0.05) is 11.4 Å². The van der Waals surface area contributed by atoms with E-state index in [0.717, 1.165) is 18.2 Å². The minimum atomic E-state index is -0.517. The minimum Gasteiger partial charge on any atom is -0.462 e. The van der Waals surface area contributed by atoms with Crippen LogP contribution in [0.15, 0.2) is 24.3 Å². The largest absolute Gasteiger partial charge is 0.462 e. The van der Waals surface area contributed by atoms with Gasteiger partial charge in [-0.05, 0) is 30.7 Å². The van der Waals surface area contributed by atoms with Crippen molar-refractivity contribution in [2.24, 2.45) is 0 Å². The number of carbonyl (C=O) groups excluding carboxylic acids is 3. The molecule has 1 fully saturated rings. The summed E-state index contributed by atoms with van der Waals surface area (Å²) in [7, 11) is 0. The van der Waals surface area contributed by atoms with Crippen LogP contribution in [0.4, 0.5) is 10.5 Å². The minimum absolute atomic E-state index is 0.191. The molecule has 0 aliphatic carbocycles. The van der Waals surface area contributed by atoms with Crippen molar-refractivity contribution in [1.29, 1.82) is 0 Å². The van der Waals surface area contributed by atoms with E-state index in [1.807, 2.05) is 6.92 Å². The van der Waals surface area contributed by atoms with Crippen molar-refractivity contribution in [2.75, 3.05) is 17.7 Å². The molecule has 1 aromatic carbocycles. The van der Waals surface area contributed by atoms with E-state index in [9.17, 15) is 14.4 Å². The van der Waals surface area contributed by atoms with E-state index in [0.29, 0.717) is 23.6 Å². The lowest BCUT2D eigenvalue weighted by Gasteiger charge is -2.10. The van der Waals surface area contributed by atoms with Gasteiger partial charge in [0.05, 0.1) is 12.2 Å². The van der Waals surface area contributed by atoms with E-state index in [4.69, 9.17) is 4.74 Å². The molecule has 6 nitrogen and oxygen atoms in total. The van der Waals surface area contributed by atoms with Crippen molar-refractivity contribution in [3.8, 4) is 0 Å². The molecule has 21 heavy (non-hydrogen) atoms. The van der Waals surface area contributed by atoms with E-state index < -0.39 is 6.04 Å². The number of esters is 1. The number of anilines is 1. The topological polar surface area (TPSA) is 84.5 Å². The van der Waals surface area contributed by atoms with Crippen LogP contribution in [0.3, 0.4) is 0 Å². The molecule has 0 bridgehead atoms. The molecule has 0 aromatic heterocycles. The smallest absolute Gasteiger partial charge is 0.338 e. The van der Waals surface area contributed by atoms with Crippen LogP contribution in [0, 0.1) is 0 Å². The van der Waals surface area contributed by atoms with Crippen LogP contribution < -0.4 is 10.6 Å². The van der Waals surface area contributed by atoms with Gasteiger partial charge in [0.1, 0.15) is 6.04 Å². The first-order valence-electron chi connectivity index (χ1n) is 6.61. The van der Waals surface area contributed by atoms with Crippen molar-refractivity contribution in [2.45, 2.75) is 19.4 Å². The average molecular weight is 308 g/mol. The number of rotatable bonds is 5. The fraction of sp³-hybridized carbons (Fsp3) is 0.357. The van der Waals surface area contributed by atoms with Crippen molar-refractivity contribution < 1.29 is 19.1 Å². The third-order valence-electron chi connectivity index (χ3n) is 2.82. The Morgan fingerprint density at radius 1 is 1.38 bits per heavy atom. The van der Waals surface area contributed by atoms with E-state index in [-0.39, 0.29) is 17.1 Å². The number of amides is 2. The van der Waals surface area contributed by atoms with Gasteiger partial charge in [-0.15, -0.1) is 0 Å². The Morgan fingerprint density at radius 3 is 2.67 bits per heavy atom. The van der Waals surface area contributed by atoms with Crippen molar-refractivity contribution in [3.63, 3.8) is 0 Å². The van der Waals surface area contributed by atoms with Crippen LogP contribution >= 0.6 is 11.8 Å². The number of ether oxygens (including phenoxy) is 1. The zero-order valence-corrected chi connectivity index (χ0v) is 12.4. The fourth-order valence-corrected chi connectivity index (χ4v) is 2.50. The van der Waals surface area contributed by atoms with Crippen molar-refractivity contribution >= 4 is 34.6 Å². The number of hydrogen-bond donors (Lipinski definition) is 2.